The Morgan fingerprint density at radius 2 is 2.11 bits per heavy atom. The molecular formula is C15H24N2O. The molecule has 0 saturated carbocycles. The number of hydrogen-bond donors (Lipinski definition) is 1. The van der Waals surface area contributed by atoms with Gasteiger partial charge in [-0.05, 0) is 43.6 Å². The van der Waals surface area contributed by atoms with Gasteiger partial charge in [0, 0.05) is 19.1 Å². The van der Waals surface area contributed by atoms with Crippen molar-refractivity contribution in [3.05, 3.63) is 29.8 Å². The van der Waals surface area contributed by atoms with Crippen LogP contribution in [0.1, 0.15) is 25.3 Å². The lowest BCUT2D eigenvalue weighted by molar-refractivity contribution is 0.260. The van der Waals surface area contributed by atoms with E-state index in [2.05, 4.69) is 29.3 Å². The summed E-state index contributed by atoms with van der Waals surface area (Å²) in [5, 5.41) is 3.56. The summed E-state index contributed by atoms with van der Waals surface area (Å²) in [4.78, 5) is 2.57. The summed E-state index contributed by atoms with van der Waals surface area (Å²) in [6.45, 7) is 6.74. The quantitative estimate of drug-likeness (QED) is 0.836. The molecule has 1 saturated heterocycles. The second-order valence-corrected chi connectivity index (χ2v) is 4.90. The first-order valence-corrected chi connectivity index (χ1v) is 6.91. The third kappa shape index (κ3) is 3.47. The molecule has 0 aromatic heterocycles. The fourth-order valence-electron chi connectivity index (χ4n) is 2.67. The van der Waals surface area contributed by atoms with Gasteiger partial charge in [0.2, 0.25) is 0 Å². The lowest BCUT2D eigenvalue weighted by Gasteiger charge is -2.23. The number of likely N-dealkylation sites (tertiary alicyclic amines) is 1. The van der Waals surface area contributed by atoms with Crippen LogP contribution in [-0.2, 0) is 6.54 Å². The van der Waals surface area contributed by atoms with E-state index in [1.54, 1.807) is 7.11 Å². The van der Waals surface area contributed by atoms with Crippen molar-refractivity contribution in [2.45, 2.75) is 32.4 Å². The maximum absolute atomic E-state index is 5.16. The number of benzene rings is 1. The molecule has 0 amide bonds. The van der Waals surface area contributed by atoms with Crippen molar-refractivity contribution in [2.24, 2.45) is 0 Å². The molecule has 0 spiro atoms. The van der Waals surface area contributed by atoms with Crippen LogP contribution in [0.5, 0.6) is 5.75 Å². The molecule has 1 fully saturated rings. The summed E-state index contributed by atoms with van der Waals surface area (Å²) in [7, 11) is 1.70. The average Bonchev–Trinajstić information content (AvgIpc) is 2.87. The lowest BCUT2D eigenvalue weighted by Crippen LogP contribution is -2.37. The Labute approximate surface area is 110 Å². The van der Waals surface area contributed by atoms with Crippen LogP contribution in [0.2, 0.25) is 0 Å². The molecule has 18 heavy (non-hydrogen) atoms. The highest BCUT2D eigenvalue weighted by Gasteiger charge is 2.21. The Morgan fingerprint density at radius 1 is 1.33 bits per heavy atom. The summed E-state index contributed by atoms with van der Waals surface area (Å²) in [5.41, 5.74) is 1.32. The standard InChI is InChI=1S/C15H24N2O/c1-3-17-10-4-5-14(17)12-16-11-13-6-8-15(18-2)9-7-13/h6-9,14,16H,3-5,10-12H2,1-2H3/t14-/m1/s1. The smallest absolute Gasteiger partial charge is 0.118 e. The number of nitrogens with zero attached hydrogens (tertiary/aromatic N) is 1. The predicted molar refractivity (Wildman–Crippen MR) is 75.0 cm³/mol. The van der Waals surface area contributed by atoms with Gasteiger partial charge in [0.1, 0.15) is 5.75 Å². The molecule has 1 aromatic rings. The van der Waals surface area contributed by atoms with E-state index in [1.807, 2.05) is 12.1 Å². The van der Waals surface area contributed by atoms with Crippen molar-refractivity contribution < 1.29 is 4.74 Å². The van der Waals surface area contributed by atoms with Gasteiger partial charge in [-0.1, -0.05) is 19.1 Å². The molecule has 1 aliphatic rings. The van der Waals surface area contributed by atoms with E-state index in [9.17, 15) is 0 Å². The Kier molecular flexibility index (Phi) is 5.02. The maximum atomic E-state index is 5.16. The van der Waals surface area contributed by atoms with Gasteiger partial charge >= 0.3 is 0 Å². The molecule has 3 heteroatoms. The maximum Gasteiger partial charge on any atom is 0.118 e. The summed E-state index contributed by atoms with van der Waals surface area (Å²) >= 11 is 0. The van der Waals surface area contributed by atoms with Crippen molar-refractivity contribution in [3.63, 3.8) is 0 Å². The van der Waals surface area contributed by atoms with Gasteiger partial charge in [-0.25, -0.2) is 0 Å². The first-order chi connectivity index (χ1) is 8.83. The number of ether oxygens (including phenoxy) is 1. The van der Waals surface area contributed by atoms with Crippen LogP contribution in [0.3, 0.4) is 0 Å². The van der Waals surface area contributed by atoms with Gasteiger partial charge in [0.05, 0.1) is 7.11 Å². The van der Waals surface area contributed by atoms with E-state index in [4.69, 9.17) is 4.74 Å². The summed E-state index contributed by atoms with van der Waals surface area (Å²) in [6.07, 6.45) is 2.69. The van der Waals surface area contributed by atoms with Crippen molar-refractivity contribution in [2.75, 3.05) is 26.7 Å². The van der Waals surface area contributed by atoms with E-state index in [1.165, 1.54) is 31.5 Å². The van der Waals surface area contributed by atoms with E-state index in [0.29, 0.717) is 0 Å². The van der Waals surface area contributed by atoms with Crippen molar-refractivity contribution in [3.8, 4) is 5.75 Å². The highest BCUT2D eigenvalue weighted by molar-refractivity contribution is 5.26. The first-order valence-electron chi connectivity index (χ1n) is 6.91. The molecule has 0 unspecified atom stereocenters. The zero-order valence-electron chi connectivity index (χ0n) is 11.5. The summed E-state index contributed by atoms with van der Waals surface area (Å²) in [6, 6.07) is 9.01. The monoisotopic (exact) mass is 248 g/mol. The summed E-state index contributed by atoms with van der Waals surface area (Å²) < 4.78 is 5.16. The van der Waals surface area contributed by atoms with Gasteiger partial charge in [-0.15, -0.1) is 0 Å². The van der Waals surface area contributed by atoms with E-state index in [-0.39, 0.29) is 0 Å². The second kappa shape index (κ2) is 6.76. The number of hydrogen-bond acceptors (Lipinski definition) is 3. The van der Waals surface area contributed by atoms with Crippen molar-refractivity contribution >= 4 is 0 Å². The Hall–Kier alpha value is -1.06. The molecule has 1 atom stereocenters. The number of rotatable bonds is 6. The fourth-order valence-corrected chi connectivity index (χ4v) is 2.67. The SMILES string of the molecule is CCN1CCC[C@@H]1CNCc1ccc(OC)cc1. The molecule has 2 rings (SSSR count). The Balaban J connectivity index is 1.74. The number of methoxy groups -OCH3 is 1. The minimum atomic E-state index is 0.730. The normalized spacial score (nSPS) is 20.2. The summed E-state index contributed by atoms with van der Waals surface area (Å²) in [5.74, 6) is 0.923. The minimum absolute atomic E-state index is 0.730. The van der Waals surface area contributed by atoms with Gasteiger partial charge in [0.15, 0.2) is 0 Å². The Morgan fingerprint density at radius 3 is 2.78 bits per heavy atom. The largest absolute Gasteiger partial charge is 0.497 e. The number of likely N-dealkylation sites (N-methyl/N-ethyl adjacent to an activating group) is 1. The lowest BCUT2D eigenvalue weighted by atomic mass is 10.2. The highest BCUT2D eigenvalue weighted by atomic mass is 16.5. The molecule has 0 aliphatic carbocycles. The zero-order chi connectivity index (χ0) is 12.8. The molecule has 1 N–H and O–H groups in total. The van der Waals surface area contributed by atoms with Crippen LogP contribution < -0.4 is 10.1 Å². The second-order valence-electron chi connectivity index (χ2n) is 4.90. The van der Waals surface area contributed by atoms with Crippen LogP contribution in [-0.4, -0.2) is 37.7 Å². The molecule has 0 radical (unpaired) electrons. The number of nitrogens with one attached hydrogen (secondary N) is 1. The molecule has 3 nitrogen and oxygen atoms in total. The van der Waals surface area contributed by atoms with Crippen LogP contribution in [0.25, 0.3) is 0 Å². The van der Waals surface area contributed by atoms with Gasteiger partial charge < -0.3 is 10.1 Å². The molecule has 1 aliphatic heterocycles. The average molecular weight is 248 g/mol. The van der Waals surface area contributed by atoms with Gasteiger partial charge in [0.25, 0.3) is 0 Å². The molecule has 1 aromatic carbocycles. The highest BCUT2D eigenvalue weighted by Crippen LogP contribution is 2.16. The zero-order valence-corrected chi connectivity index (χ0v) is 11.5. The third-order valence-electron chi connectivity index (χ3n) is 3.77. The van der Waals surface area contributed by atoms with Crippen LogP contribution in [0, 0.1) is 0 Å². The van der Waals surface area contributed by atoms with Crippen LogP contribution in [0.4, 0.5) is 0 Å². The molecular weight excluding hydrogens is 224 g/mol. The van der Waals surface area contributed by atoms with Crippen LogP contribution >= 0.6 is 0 Å². The Bertz CT molecular complexity index is 350. The third-order valence-corrected chi connectivity index (χ3v) is 3.77. The van der Waals surface area contributed by atoms with Crippen molar-refractivity contribution in [1.29, 1.82) is 0 Å². The van der Waals surface area contributed by atoms with E-state index < -0.39 is 0 Å². The van der Waals surface area contributed by atoms with Crippen molar-refractivity contribution in [1.82, 2.24) is 10.2 Å². The van der Waals surface area contributed by atoms with Gasteiger partial charge in [-0.3, -0.25) is 4.90 Å². The predicted octanol–water partition coefficient (Wildman–Crippen LogP) is 2.27. The van der Waals surface area contributed by atoms with E-state index in [0.717, 1.165) is 24.9 Å². The first kappa shape index (κ1) is 13.4. The molecule has 1 heterocycles. The van der Waals surface area contributed by atoms with Gasteiger partial charge in [-0.2, -0.15) is 0 Å². The van der Waals surface area contributed by atoms with E-state index >= 15 is 0 Å². The molecule has 0 bridgehead atoms. The topological polar surface area (TPSA) is 24.5 Å². The van der Waals surface area contributed by atoms with Crippen LogP contribution in [0.15, 0.2) is 24.3 Å². The fraction of sp³-hybridized carbons (Fsp3) is 0.600. The minimum Gasteiger partial charge on any atom is -0.497 e. The molecule has 100 valence electrons.